The van der Waals surface area contributed by atoms with E-state index in [1.807, 2.05) is 0 Å². The number of carbonyl (C=O) groups excluding carboxylic acids is 2. The van der Waals surface area contributed by atoms with Crippen LogP contribution in [0.5, 0.6) is 0 Å². The van der Waals surface area contributed by atoms with Gasteiger partial charge in [-0.2, -0.15) is 48.3 Å². The van der Waals surface area contributed by atoms with E-state index in [1.165, 1.54) is 0 Å². The van der Waals surface area contributed by atoms with Crippen molar-refractivity contribution in [3.05, 3.63) is 93.7 Å². The van der Waals surface area contributed by atoms with Gasteiger partial charge in [0.15, 0.2) is 0 Å². The van der Waals surface area contributed by atoms with Gasteiger partial charge in [-0.05, 0) is 70.5 Å². The van der Waals surface area contributed by atoms with Gasteiger partial charge in [0, 0.05) is 28.3 Å². The lowest BCUT2D eigenvalue weighted by Gasteiger charge is -2.44. The van der Waals surface area contributed by atoms with Gasteiger partial charge in [0.05, 0.1) is 11.3 Å². The van der Waals surface area contributed by atoms with Crippen LogP contribution in [0.3, 0.4) is 0 Å². The van der Waals surface area contributed by atoms with Crippen molar-refractivity contribution in [3.8, 4) is 0 Å². The van der Waals surface area contributed by atoms with Gasteiger partial charge in [0.25, 0.3) is 11.8 Å². The first kappa shape index (κ1) is 34.7. The Hall–Kier alpha value is -3.83. The molecular formula is C26H14BrF13N2O2. The number of halogens is 14. The number of amides is 2. The molecule has 0 N–H and O–H groups in total. The van der Waals surface area contributed by atoms with E-state index in [0.29, 0.717) is 29.2 Å². The number of para-hydroxylation sites is 1. The topological polar surface area (TPSA) is 40.6 Å². The maximum absolute atomic E-state index is 15.9. The lowest BCUT2D eigenvalue weighted by Crippen LogP contribution is -2.72. The molecular weight excluding hydrogens is 699 g/mol. The van der Waals surface area contributed by atoms with Gasteiger partial charge >= 0.3 is 30.2 Å². The molecule has 3 rings (SSSR count). The highest BCUT2D eigenvalue weighted by molar-refractivity contribution is 9.10. The van der Waals surface area contributed by atoms with E-state index in [4.69, 9.17) is 0 Å². The fourth-order valence-corrected chi connectivity index (χ4v) is 4.42. The molecule has 3 aromatic carbocycles. The number of benzene rings is 3. The lowest BCUT2D eigenvalue weighted by molar-refractivity contribution is -0.380. The highest BCUT2D eigenvalue weighted by atomic mass is 79.9. The standard InChI is InChI=1S/C26H14BrF13N2O2/c1-41(20(43)13-8-10-15(28)11-9-13)16-5-2-4-14(12-16)21(44)42(19-17(22(29,30)31)6-3-7-18(19)27)24(34,26(38,39)40)23(32,33)25(35,36)37/h2-12H,1H3. The Bertz CT molecular complexity index is 1550. The van der Waals surface area contributed by atoms with E-state index in [9.17, 15) is 62.3 Å². The molecule has 2 amide bonds. The van der Waals surface area contributed by atoms with Gasteiger partial charge in [0.1, 0.15) is 5.82 Å². The van der Waals surface area contributed by atoms with Crippen LogP contribution < -0.4 is 9.80 Å². The second-order valence-electron chi connectivity index (χ2n) is 8.89. The molecule has 1 unspecified atom stereocenters. The van der Waals surface area contributed by atoms with E-state index < -0.39 is 79.8 Å². The average Bonchev–Trinajstić information content (AvgIpc) is 2.91. The quantitative estimate of drug-likeness (QED) is 0.189. The zero-order valence-corrected chi connectivity index (χ0v) is 22.9. The third-order valence-corrected chi connectivity index (χ3v) is 6.69. The summed E-state index contributed by atoms with van der Waals surface area (Å²) in [6.07, 6.45) is -20.6. The van der Waals surface area contributed by atoms with Gasteiger partial charge in [0.2, 0.25) is 0 Å². The van der Waals surface area contributed by atoms with Crippen LogP contribution in [0.1, 0.15) is 26.3 Å². The third kappa shape index (κ3) is 6.08. The van der Waals surface area contributed by atoms with Crippen molar-refractivity contribution < 1.29 is 66.7 Å². The minimum Gasteiger partial charge on any atom is -0.311 e. The summed E-state index contributed by atoms with van der Waals surface area (Å²) < 4.78 is 181. The summed E-state index contributed by atoms with van der Waals surface area (Å²) in [4.78, 5) is 24.9. The fraction of sp³-hybridized carbons (Fsp3) is 0.231. The maximum Gasteiger partial charge on any atom is 0.459 e. The van der Waals surface area contributed by atoms with Crippen molar-refractivity contribution in [1.82, 2.24) is 0 Å². The third-order valence-electron chi connectivity index (χ3n) is 6.05. The zero-order chi connectivity index (χ0) is 33.6. The van der Waals surface area contributed by atoms with Crippen LogP contribution in [0.4, 0.5) is 68.5 Å². The molecule has 238 valence electrons. The number of rotatable bonds is 6. The molecule has 0 aliphatic rings. The highest BCUT2D eigenvalue weighted by Crippen LogP contribution is 2.57. The smallest absolute Gasteiger partial charge is 0.311 e. The van der Waals surface area contributed by atoms with Crippen LogP contribution >= 0.6 is 15.9 Å². The molecule has 0 fully saturated rings. The molecule has 3 aromatic rings. The van der Waals surface area contributed by atoms with E-state index in [1.54, 1.807) is 0 Å². The van der Waals surface area contributed by atoms with Crippen LogP contribution in [-0.4, -0.2) is 42.9 Å². The Morgan fingerprint density at radius 2 is 1.23 bits per heavy atom. The Kier molecular flexibility index (Phi) is 9.13. The normalized spacial score (nSPS) is 14.2. The summed E-state index contributed by atoms with van der Waals surface area (Å²) in [5.74, 6) is -19.1. The molecule has 0 saturated carbocycles. The summed E-state index contributed by atoms with van der Waals surface area (Å²) in [7, 11) is 0.996. The summed E-state index contributed by atoms with van der Waals surface area (Å²) in [5.41, 5.74) is -6.74. The summed E-state index contributed by atoms with van der Waals surface area (Å²) in [6.45, 7) is 0. The molecule has 4 nitrogen and oxygen atoms in total. The van der Waals surface area contributed by atoms with Crippen LogP contribution in [-0.2, 0) is 6.18 Å². The van der Waals surface area contributed by atoms with Gasteiger partial charge in [-0.15, -0.1) is 0 Å². The van der Waals surface area contributed by atoms with Crippen molar-refractivity contribution in [3.63, 3.8) is 0 Å². The predicted octanol–water partition coefficient (Wildman–Crippen LogP) is 8.96. The van der Waals surface area contributed by atoms with E-state index >= 15 is 4.39 Å². The average molecular weight is 713 g/mol. The fourth-order valence-electron chi connectivity index (χ4n) is 3.88. The molecule has 0 aromatic heterocycles. The number of alkyl halides is 12. The van der Waals surface area contributed by atoms with E-state index in [0.717, 1.165) is 43.4 Å². The minimum atomic E-state index is -7.54. The molecule has 1 atom stereocenters. The van der Waals surface area contributed by atoms with Crippen LogP contribution in [0, 0.1) is 5.82 Å². The second kappa shape index (κ2) is 11.6. The Labute approximate surface area is 246 Å². The number of hydrogen-bond donors (Lipinski definition) is 0. The van der Waals surface area contributed by atoms with Crippen molar-refractivity contribution >= 4 is 39.1 Å². The zero-order valence-electron chi connectivity index (χ0n) is 21.4. The molecule has 18 heteroatoms. The molecule has 44 heavy (non-hydrogen) atoms. The van der Waals surface area contributed by atoms with E-state index in [2.05, 4.69) is 15.9 Å². The maximum atomic E-state index is 15.9. The minimum absolute atomic E-state index is 0.0749. The highest BCUT2D eigenvalue weighted by Gasteiger charge is 2.85. The molecule has 0 radical (unpaired) electrons. The van der Waals surface area contributed by atoms with Crippen molar-refractivity contribution in [2.75, 3.05) is 16.8 Å². The van der Waals surface area contributed by atoms with Crippen molar-refractivity contribution in [1.29, 1.82) is 0 Å². The van der Waals surface area contributed by atoms with E-state index in [-0.39, 0.29) is 11.6 Å². The van der Waals surface area contributed by atoms with Crippen LogP contribution in [0.15, 0.2) is 71.2 Å². The van der Waals surface area contributed by atoms with Gasteiger partial charge in [-0.3, -0.25) is 14.5 Å². The number of carbonyl (C=O) groups is 2. The molecule has 0 aliphatic carbocycles. The van der Waals surface area contributed by atoms with Crippen LogP contribution in [0.2, 0.25) is 0 Å². The van der Waals surface area contributed by atoms with Crippen molar-refractivity contribution in [2.45, 2.75) is 30.2 Å². The first-order chi connectivity index (χ1) is 20.0. The van der Waals surface area contributed by atoms with Gasteiger partial charge in [-0.1, -0.05) is 12.1 Å². The van der Waals surface area contributed by atoms with Gasteiger partial charge < -0.3 is 4.90 Å². The lowest BCUT2D eigenvalue weighted by atomic mass is 9.98. The van der Waals surface area contributed by atoms with Crippen molar-refractivity contribution in [2.24, 2.45) is 0 Å². The predicted molar refractivity (Wildman–Crippen MR) is 132 cm³/mol. The SMILES string of the molecule is CN(C(=O)c1ccc(F)cc1)c1cccc(C(=O)N(c2c(Br)cccc2C(F)(F)F)C(F)(C(F)(F)F)C(F)(F)C(F)(F)F)c1. The second-order valence-corrected chi connectivity index (χ2v) is 9.74. The molecule has 0 aliphatic heterocycles. The summed E-state index contributed by atoms with van der Waals surface area (Å²) in [6, 6.07) is 7.26. The Balaban J connectivity index is 2.35. The number of anilines is 2. The Morgan fingerprint density at radius 1 is 0.682 bits per heavy atom. The first-order valence-corrected chi connectivity index (χ1v) is 12.3. The monoisotopic (exact) mass is 712 g/mol. The first-order valence-electron chi connectivity index (χ1n) is 11.5. The number of nitrogens with zero attached hydrogens (tertiary/aromatic N) is 2. The number of hydrogen-bond acceptors (Lipinski definition) is 2. The molecule has 0 bridgehead atoms. The summed E-state index contributed by atoms with van der Waals surface area (Å²) >= 11 is 2.31. The summed E-state index contributed by atoms with van der Waals surface area (Å²) in [5, 5.41) is 0. The van der Waals surface area contributed by atoms with Gasteiger partial charge in [-0.25, -0.2) is 8.78 Å². The molecule has 0 heterocycles. The van der Waals surface area contributed by atoms with Crippen LogP contribution in [0.25, 0.3) is 0 Å². The molecule has 0 saturated heterocycles. The largest absolute Gasteiger partial charge is 0.459 e. The Morgan fingerprint density at radius 3 is 1.73 bits per heavy atom. The molecule has 0 spiro atoms.